The fourth-order valence-electron chi connectivity index (χ4n) is 4.40. The number of ether oxygens (including phenoxy) is 3. The lowest BCUT2D eigenvalue weighted by atomic mass is 9.99. The van der Waals surface area contributed by atoms with Crippen molar-refractivity contribution in [2.75, 3.05) is 0 Å². The third-order valence-corrected chi connectivity index (χ3v) is 6.66. The Morgan fingerprint density at radius 3 is 1.38 bits per heavy atom. The molecule has 0 aliphatic heterocycles. The Morgan fingerprint density at radius 2 is 0.929 bits per heavy atom. The Bertz CT molecular complexity index is 1550. The summed E-state index contributed by atoms with van der Waals surface area (Å²) in [5.41, 5.74) is 4.49. The van der Waals surface area contributed by atoms with E-state index in [0.29, 0.717) is 34.8 Å². The lowest BCUT2D eigenvalue weighted by Gasteiger charge is -2.19. The Morgan fingerprint density at radius 1 is 0.500 bits per heavy atom. The highest BCUT2D eigenvalue weighted by molar-refractivity contribution is 6.09. The quantitative estimate of drug-likeness (QED) is 0.151. The third-order valence-electron chi connectivity index (χ3n) is 6.66. The molecule has 1 N–H and O–H groups in total. The van der Waals surface area contributed by atoms with Crippen molar-refractivity contribution in [3.63, 3.8) is 0 Å². The van der Waals surface area contributed by atoms with Crippen LogP contribution in [-0.4, -0.2) is 16.9 Å². The van der Waals surface area contributed by atoms with Crippen LogP contribution in [0, 0.1) is 0 Å². The average Bonchev–Trinajstić information content (AvgIpc) is 3.04. The number of hydrogen-bond acceptors (Lipinski definition) is 5. The molecule has 0 bridgehead atoms. The summed E-state index contributed by atoms with van der Waals surface area (Å²) in [5.74, 6) is -0.383. The van der Waals surface area contributed by atoms with Gasteiger partial charge in [0, 0.05) is 11.1 Å². The summed E-state index contributed by atoms with van der Waals surface area (Å²) in [5, 5.41) is 9.25. The summed E-state index contributed by atoms with van der Waals surface area (Å²) in [6.45, 7) is 1.17. The van der Waals surface area contributed by atoms with Crippen molar-refractivity contribution in [3.05, 3.63) is 166 Å². The molecule has 42 heavy (non-hydrogen) atoms. The maximum Gasteiger partial charge on any atom is 0.335 e. The smallest absolute Gasteiger partial charge is 0.335 e. The molecule has 5 aromatic carbocycles. The molecule has 0 spiro atoms. The zero-order valence-electron chi connectivity index (χ0n) is 22.9. The van der Waals surface area contributed by atoms with Gasteiger partial charge in [-0.25, -0.2) is 4.79 Å². The molecular formula is C36H30O6. The van der Waals surface area contributed by atoms with E-state index in [2.05, 4.69) is 0 Å². The van der Waals surface area contributed by atoms with Crippen LogP contribution >= 0.6 is 0 Å². The van der Waals surface area contributed by atoms with Crippen molar-refractivity contribution in [2.45, 2.75) is 26.4 Å². The summed E-state index contributed by atoms with van der Waals surface area (Å²) in [6, 6.07) is 38.7. The molecule has 0 amide bonds. The normalized spacial score (nSPS) is 10.7. The molecule has 6 heteroatoms. The number of hydrogen-bond donors (Lipinski definition) is 1. The number of carboxylic acid groups (broad SMARTS) is 1. The fourth-order valence-corrected chi connectivity index (χ4v) is 4.40. The first-order valence-electron chi connectivity index (χ1n) is 13.6. The molecule has 210 valence electrons. The van der Waals surface area contributed by atoms with Crippen LogP contribution in [0.2, 0.25) is 0 Å². The molecule has 0 atom stereocenters. The lowest BCUT2D eigenvalue weighted by molar-refractivity contribution is 0.0696. The molecule has 0 aromatic heterocycles. The zero-order valence-corrected chi connectivity index (χ0v) is 22.9. The highest BCUT2D eigenvalue weighted by Crippen LogP contribution is 2.34. The molecule has 0 saturated heterocycles. The van der Waals surface area contributed by atoms with Crippen molar-refractivity contribution in [1.82, 2.24) is 0 Å². The molecule has 5 aromatic rings. The Labute approximate surface area is 244 Å². The Hall–Kier alpha value is -5.20. The second kappa shape index (κ2) is 13.9. The highest BCUT2D eigenvalue weighted by atomic mass is 16.5. The van der Waals surface area contributed by atoms with Crippen LogP contribution in [0.15, 0.2) is 127 Å². The summed E-state index contributed by atoms with van der Waals surface area (Å²) >= 11 is 0. The number of ketones is 1. The van der Waals surface area contributed by atoms with E-state index >= 15 is 0 Å². The molecular weight excluding hydrogens is 528 g/mol. The van der Waals surface area contributed by atoms with Crippen LogP contribution in [-0.2, 0) is 31.2 Å². The van der Waals surface area contributed by atoms with Gasteiger partial charge in [-0.1, -0.05) is 103 Å². The summed E-state index contributed by atoms with van der Waals surface area (Å²) in [7, 11) is 0. The zero-order chi connectivity index (χ0) is 29.1. The van der Waals surface area contributed by atoms with Crippen LogP contribution in [0.5, 0.6) is 11.5 Å². The lowest BCUT2D eigenvalue weighted by Crippen LogP contribution is -2.09. The van der Waals surface area contributed by atoms with E-state index in [1.54, 1.807) is 12.1 Å². The van der Waals surface area contributed by atoms with Gasteiger partial charge in [-0.05, 0) is 41.0 Å². The van der Waals surface area contributed by atoms with Gasteiger partial charge in [0.1, 0.15) is 24.7 Å². The van der Waals surface area contributed by atoms with Gasteiger partial charge < -0.3 is 19.3 Å². The fraction of sp³-hybridized carbons (Fsp3) is 0.111. The van der Waals surface area contributed by atoms with Crippen molar-refractivity contribution < 1.29 is 28.9 Å². The van der Waals surface area contributed by atoms with Gasteiger partial charge >= 0.3 is 5.97 Å². The van der Waals surface area contributed by atoms with Gasteiger partial charge in [0.25, 0.3) is 0 Å². The van der Waals surface area contributed by atoms with Crippen LogP contribution in [0.4, 0.5) is 0 Å². The maximum atomic E-state index is 13.6. The third kappa shape index (κ3) is 7.50. The van der Waals surface area contributed by atoms with Crippen molar-refractivity contribution in [3.8, 4) is 11.5 Å². The second-order valence-electron chi connectivity index (χ2n) is 9.69. The van der Waals surface area contributed by atoms with Gasteiger partial charge in [-0.2, -0.15) is 0 Å². The number of benzene rings is 5. The van der Waals surface area contributed by atoms with Crippen LogP contribution < -0.4 is 9.47 Å². The second-order valence-corrected chi connectivity index (χ2v) is 9.69. The van der Waals surface area contributed by atoms with E-state index in [1.165, 1.54) is 24.3 Å². The van der Waals surface area contributed by atoms with Crippen molar-refractivity contribution in [1.29, 1.82) is 0 Å². The standard InChI is InChI=1S/C36H30O6/c37-35(29-16-18-30(19-17-29)36(38)39)31-20-33(41-23-27-12-6-2-7-13-27)32(25-40-22-26-10-4-1-5-11-26)34(21-31)42-24-28-14-8-3-9-15-28/h1-21H,22-25H2,(H,38,39). The molecule has 6 nitrogen and oxygen atoms in total. The van der Waals surface area contributed by atoms with E-state index < -0.39 is 5.97 Å². The van der Waals surface area contributed by atoms with Gasteiger partial charge in [-0.3, -0.25) is 4.79 Å². The van der Waals surface area contributed by atoms with Crippen LogP contribution in [0.1, 0.15) is 48.5 Å². The first-order valence-corrected chi connectivity index (χ1v) is 13.6. The SMILES string of the molecule is O=C(O)c1ccc(C(=O)c2cc(OCc3ccccc3)c(COCc3ccccc3)c(OCc3ccccc3)c2)cc1. The Balaban J connectivity index is 1.50. The number of rotatable bonds is 13. The molecule has 0 aliphatic rings. The topological polar surface area (TPSA) is 82.1 Å². The summed E-state index contributed by atoms with van der Waals surface area (Å²) < 4.78 is 18.7. The number of carboxylic acids is 1. The minimum absolute atomic E-state index is 0.108. The monoisotopic (exact) mass is 558 g/mol. The van der Waals surface area contributed by atoms with Gasteiger partial charge in [0.2, 0.25) is 0 Å². The average molecular weight is 559 g/mol. The summed E-state index contributed by atoms with van der Waals surface area (Å²) in [4.78, 5) is 24.9. The molecule has 0 radical (unpaired) electrons. The Kier molecular flexibility index (Phi) is 9.39. The molecule has 0 unspecified atom stereocenters. The van der Waals surface area contributed by atoms with Gasteiger partial charge in [-0.15, -0.1) is 0 Å². The van der Waals surface area contributed by atoms with Gasteiger partial charge in [0.15, 0.2) is 5.78 Å². The number of carbonyl (C=O) groups excluding carboxylic acids is 1. The molecule has 5 rings (SSSR count). The first kappa shape index (κ1) is 28.3. The van der Waals surface area contributed by atoms with E-state index in [1.807, 2.05) is 91.0 Å². The van der Waals surface area contributed by atoms with E-state index in [0.717, 1.165) is 16.7 Å². The van der Waals surface area contributed by atoms with E-state index in [9.17, 15) is 14.7 Å². The highest BCUT2D eigenvalue weighted by Gasteiger charge is 2.20. The predicted molar refractivity (Wildman–Crippen MR) is 160 cm³/mol. The first-order chi connectivity index (χ1) is 20.6. The van der Waals surface area contributed by atoms with Crippen LogP contribution in [0.25, 0.3) is 0 Å². The van der Waals surface area contributed by atoms with Gasteiger partial charge in [0.05, 0.1) is 24.3 Å². The minimum atomic E-state index is -1.05. The predicted octanol–water partition coefficient (Wildman–Crippen LogP) is 7.49. The van der Waals surface area contributed by atoms with E-state index in [4.69, 9.17) is 14.2 Å². The summed E-state index contributed by atoms with van der Waals surface area (Å²) in [6.07, 6.45) is 0. The minimum Gasteiger partial charge on any atom is -0.488 e. The molecule has 0 saturated carbocycles. The van der Waals surface area contributed by atoms with Crippen LogP contribution in [0.3, 0.4) is 0 Å². The number of carbonyl (C=O) groups is 2. The van der Waals surface area contributed by atoms with Crippen molar-refractivity contribution in [2.24, 2.45) is 0 Å². The maximum absolute atomic E-state index is 13.6. The molecule has 0 fully saturated rings. The van der Waals surface area contributed by atoms with E-state index in [-0.39, 0.29) is 31.2 Å². The molecule has 0 aliphatic carbocycles. The largest absolute Gasteiger partial charge is 0.488 e. The number of aromatic carboxylic acids is 1. The van der Waals surface area contributed by atoms with Crippen molar-refractivity contribution >= 4 is 11.8 Å². The molecule has 0 heterocycles.